The molecule has 0 aromatic heterocycles. The summed E-state index contributed by atoms with van der Waals surface area (Å²) in [6.45, 7) is 5.69. The lowest BCUT2D eigenvalue weighted by Crippen LogP contribution is -2.20. The highest BCUT2D eigenvalue weighted by atomic mass is 16.4. The topological polar surface area (TPSA) is 61.7 Å². The van der Waals surface area contributed by atoms with Crippen LogP contribution in [0.3, 0.4) is 0 Å². The zero-order chi connectivity index (χ0) is 13.5. The summed E-state index contributed by atoms with van der Waals surface area (Å²) in [6.07, 6.45) is 1.87. The maximum absolute atomic E-state index is 11.9. The minimum absolute atomic E-state index is 0.00580. The molecule has 0 aliphatic rings. The van der Waals surface area contributed by atoms with Crippen LogP contribution in [0.25, 0.3) is 0 Å². The van der Waals surface area contributed by atoms with Gasteiger partial charge in [0.15, 0.2) is 0 Å². The summed E-state index contributed by atoms with van der Waals surface area (Å²) >= 11 is 0. The number of rotatable bonds is 5. The van der Waals surface area contributed by atoms with E-state index in [1.54, 1.807) is 13.0 Å². The van der Waals surface area contributed by atoms with Gasteiger partial charge in [-0.05, 0) is 25.5 Å². The number of nitrogens with one attached hydrogen (secondary N) is 1. The summed E-state index contributed by atoms with van der Waals surface area (Å²) in [4.78, 5) is 11.9. The third-order valence-corrected chi connectivity index (χ3v) is 2.87. The van der Waals surface area contributed by atoms with Gasteiger partial charge in [-0.25, -0.2) is 0 Å². The molecule has 0 bridgehead atoms. The Kier molecular flexibility index (Phi) is 5.36. The minimum atomic E-state index is 0.00580. The van der Waals surface area contributed by atoms with Crippen LogP contribution < -0.4 is 5.32 Å². The van der Waals surface area contributed by atoms with Crippen molar-refractivity contribution in [2.75, 3.05) is 5.32 Å². The van der Waals surface area contributed by atoms with E-state index >= 15 is 0 Å². The van der Waals surface area contributed by atoms with Crippen LogP contribution in [0.15, 0.2) is 29.4 Å². The number of benzene rings is 1. The lowest BCUT2D eigenvalue weighted by atomic mass is 10.1. The third-order valence-electron chi connectivity index (χ3n) is 2.87. The number of anilines is 1. The average molecular weight is 248 g/mol. The van der Waals surface area contributed by atoms with Gasteiger partial charge in [0.1, 0.15) is 0 Å². The molecule has 1 unspecified atom stereocenters. The van der Waals surface area contributed by atoms with Crippen LogP contribution in [-0.2, 0) is 4.79 Å². The maximum Gasteiger partial charge on any atom is 0.227 e. The molecule has 1 atom stereocenters. The predicted molar refractivity (Wildman–Crippen MR) is 73.1 cm³/mol. The van der Waals surface area contributed by atoms with E-state index < -0.39 is 0 Å². The predicted octanol–water partition coefficient (Wildman–Crippen LogP) is 3.26. The molecule has 1 aromatic carbocycles. The van der Waals surface area contributed by atoms with Crippen molar-refractivity contribution >= 4 is 17.3 Å². The van der Waals surface area contributed by atoms with Gasteiger partial charge in [-0.15, -0.1) is 0 Å². The number of amides is 1. The fourth-order valence-electron chi connectivity index (χ4n) is 1.71. The van der Waals surface area contributed by atoms with Crippen molar-refractivity contribution in [3.05, 3.63) is 29.8 Å². The number of nitrogens with zero attached hydrogens (tertiary/aromatic N) is 1. The fourth-order valence-corrected chi connectivity index (χ4v) is 1.71. The molecule has 4 nitrogen and oxygen atoms in total. The van der Waals surface area contributed by atoms with Gasteiger partial charge in [0, 0.05) is 17.2 Å². The Bertz CT molecular complexity index is 441. The number of carbonyl (C=O) groups is 1. The number of oxime groups is 1. The average Bonchev–Trinajstić information content (AvgIpc) is 2.38. The quantitative estimate of drug-likeness (QED) is 0.477. The first-order chi connectivity index (χ1) is 8.58. The van der Waals surface area contributed by atoms with Crippen LogP contribution in [0.5, 0.6) is 0 Å². The van der Waals surface area contributed by atoms with Crippen molar-refractivity contribution in [2.24, 2.45) is 11.1 Å². The minimum Gasteiger partial charge on any atom is -0.411 e. The van der Waals surface area contributed by atoms with Gasteiger partial charge in [-0.3, -0.25) is 4.79 Å². The Hall–Kier alpha value is -1.84. The lowest BCUT2D eigenvalue weighted by Gasteiger charge is -2.11. The van der Waals surface area contributed by atoms with Crippen molar-refractivity contribution in [3.8, 4) is 0 Å². The summed E-state index contributed by atoms with van der Waals surface area (Å²) in [5.41, 5.74) is 2.04. The molecule has 0 saturated heterocycles. The molecule has 1 amide bonds. The number of carbonyl (C=O) groups excluding carboxylic acids is 1. The van der Waals surface area contributed by atoms with Gasteiger partial charge >= 0.3 is 0 Å². The summed E-state index contributed by atoms with van der Waals surface area (Å²) in [7, 11) is 0. The molecule has 98 valence electrons. The van der Waals surface area contributed by atoms with E-state index in [0.717, 1.165) is 24.1 Å². The molecule has 2 N–H and O–H groups in total. The smallest absolute Gasteiger partial charge is 0.227 e. The monoisotopic (exact) mass is 248 g/mol. The molecule has 0 heterocycles. The molecule has 4 heteroatoms. The van der Waals surface area contributed by atoms with E-state index in [2.05, 4.69) is 17.4 Å². The van der Waals surface area contributed by atoms with Crippen LogP contribution in [0.1, 0.15) is 39.2 Å². The maximum atomic E-state index is 11.9. The molecular weight excluding hydrogens is 228 g/mol. The summed E-state index contributed by atoms with van der Waals surface area (Å²) < 4.78 is 0. The third kappa shape index (κ3) is 3.87. The molecule has 18 heavy (non-hydrogen) atoms. The largest absolute Gasteiger partial charge is 0.411 e. The first-order valence-corrected chi connectivity index (χ1v) is 6.18. The van der Waals surface area contributed by atoms with Crippen LogP contribution >= 0.6 is 0 Å². The zero-order valence-electron chi connectivity index (χ0n) is 11.1. The highest BCUT2D eigenvalue weighted by Gasteiger charge is 2.12. The van der Waals surface area contributed by atoms with Gasteiger partial charge in [-0.2, -0.15) is 0 Å². The van der Waals surface area contributed by atoms with E-state index in [4.69, 9.17) is 5.21 Å². The number of hydrogen-bond donors (Lipinski definition) is 2. The molecule has 0 aliphatic carbocycles. The van der Waals surface area contributed by atoms with E-state index in [1.165, 1.54) is 0 Å². The normalized spacial score (nSPS) is 13.2. The van der Waals surface area contributed by atoms with Gasteiger partial charge in [-0.1, -0.05) is 37.6 Å². The Morgan fingerprint density at radius 3 is 2.83 bits per heavy atom. The van der Waals surface area contributed by atoms with Crippen LogP contribution in [0, 0.1) is 5.92 Å². The van der Waals surface area contributed by atoms with Crippen molar-refractivity contribution in [2.45, 2.75) is 33.6 Å². The van der Waals surface area contributed by atoms with Crippen molar-refractivity contribution < 1.29 is 10.0 Å². The van der Waals surface area contributed by atoms with Gasteiger partial charge < -0.3 is 10.5 Å². The molecule has 1 rings (SSSR count). The Morgan fingerprint density at radius 1 is 1.50 bits per heavy atom. The van der Waals surface area contributed by atoms with Gasteiger partial charge in [0.25, 0.3) is 0 Å². The molecule has 0 aliphatic heterocycles. The summed E-state index contributed by atoms with van der Waals surface area (Å²) in [5, 5.41) is 14.7. The highest BCUT2D eigenvalue weighted by molar-refractivity contribution is 6.00. The standard InChI is InChI=1S/C14H20N2O2/c1-4-6-10(2)14(17)15-13-8-5-7-12(9-13)11(3)16-18/h5,7-10,18H,4,6H2,1-3H3,(H,15,17)/b16-11+. The first-order valence-electron chi connectivity index (χ1n) is 6.18. The van der Waals surface area contributed by atoms with Gasteiger partial charge in [0.2, 0.25) is 5.91 Å². The molecule has 0 fully saturated rings. The summed E-state index contributed by atoms with van der Waals surface area (Å²) in [6, 6.07) is 7.28. The molecular formula is C14H20N2O2. The molecule has 0 saturated carbocycles. The van der Waals surface area contributed by atoms with Crippen molar-refractivity contribution in [1.29, 1.82) is 0 Å². The van der Waals surface area contributed by atoms with Crippen molar-refractivity contribution in [1.82, 2.24) is 0 Å². The lowest BCUT2D eigenvalue weighted by molar-refractivity contribution is -0.119. The second-order valence-corrected chi connectivity index (χ2v) is 4.45. The second kappa shape index (κ2) is 6.79. The Morgan fingerprint density at radius 2 is 2.22 bits per heavy atom. The molecule has 1 aromatic rings. The van der Waals surface area contributed by atoms with E-state index in [0.29, 0.717) is 5.71 Å². The van der Waals surface area contributed by atoms with Crippen LogP contribution in [0.2, 0.25) is 0 Å². The van der Waals surface area contributed by atoms with E-state index in [-0.39, 0.29) is 11.8 Å². The molecule has 0 radical (unpaired) electrons. The Balaban J connectivity index is 2.76. The van der Waals surface area contributed by atoms with Crippen molar-refractivity contribution in [3.63, 3.8) is 0 Å². The SMILES string of the molecule is CCCC(C)C(=O)Nc1cccc(/C(C)=N/O)c1. The van der Waals surface area contributed by atoms with E-state index in [9.17, 15) is 4.79 Å². The second-order valence-electron chi connectivity index (χ2n) is 4.45. The number of hydrogen-bond acceptors (Lipinski definition) is 3. The van der Waals surface area contributed by atoms with Gasteiger partial charge in [0.05, 0.1) is 5.71 Å². The molecule has 0 spiro atoms. The highest BCUT2D eigenvalue weighted by Crippen LogP contribution is 2.14. The Labute approximate surface area is 108 Å². The van der Waals surface area contributed by atoms with E-state index in [1.807, 2.05) is 25.1 Å². The fraction of sp³-hybridized carbons (Fsp3) is 0.429. The first kappa shape index (κ1) is 14.2. The zero-order valence-corrected chi connectivity index (χ0v) is 11.1. The van der Waals surface area contributed by atoms with Crippen LogP contribution in [0.4, 0.5) is 5.69 Å². The van der Waals surface area contributed by atoms with Crippen LogP contribution in [-0.4, -0.2) is 16.8 Å². The summed E-state index contributed by atoms with van der Waals surface area (Å²) in [5.74, 6) is 0.0267.